The van der Waals surface area contributed by atoms with E-state index < -0.39 is 0 Å². The molecule has 84 heavy (non-hydrogen) atoms. The molecule has 0 spiro atoms. The summed E-state index contributed by atoms with van der Waals surface area (Å²) in [5, 5.41) is 4.56. The smallest absolute Gasteiger partial charge is 0.242 e. The summed E-state index contributed by atoms with van der Waals surface area (Å²) in [6.45, 7) is 12.6. The summed E-state index contributed by atoms with van der Waals surface area (Å²) in [4.78, 5) is 73.6. The van der Waals surface area contributed by atoms with Crippen LogP contribution in [0.3, 0.4) is 0 Å². The van der Waals surface area contributed by atoms with Crippen LogP contribution in [0.2, 0.25) is 0 Å². The van der Waals surface area contributed by atoms with Crippen molar-refractivity contribution in [1.82, 2.24) is 25.2 Å². The number of thioether (sulfide) groups is 1. The number of carbonyl (C=O) groups is 4. The Bertz CT molecular complexity index is 3170. The van der Waals surface area contributed by atoms with Gasteiger partial charge in [0.1, 0.15) is 17.1 Å². The van der Waals surface area contributed by atoms with Gasteiger partial charge in [0.2, 0.25) is 24.1 Å². The largest absolute Gasteiger partial charge is 0.453 e. The maximum absolute atomic E-state index is 13.3. The number of likely N-dealkylation sites (N-methyl/N-ethyl adjacent to an activating group) is 1. The molecule has 8 rings (SSSR count). The molecule has 0 radical (unpaired) electrons. The Balaban J connectivity index is 0.000000481. The van der Waals surface area contributed by atoms with Gasteiger partial charge >= 0.3 is 0 Å². The fourth-order valence-electron chi connectivity index (χ4n) is 9.85. The summed E-state index contributed by atoms with van der Waals surface area (Å²) < 4.78 is 34.8. The van der Waals surface area contributed by atoms with Crippen molar-refractivity contribution in [2.45, 2.75) is 83.9 Å². The molecule has 20 nitrogen and oxygen atoms in total. The van der Waals surface area contributed by atoms with Crippen LogP contribution in [0.25, 0.3) is 44.7 Å². The van der Waals surface area contributed by atoms with E-state index >= 15 is 0 Å². The number of aryl methyl sites for hydroxylation is 1. The Labute approximate surface area is 496 Å². The number of hydrazine groups is 1. The summed E-state index contributed by atoms with van der Waals surface area (Å²) in [5.74, 6) is 8.84. The lowest BCUT2D eigenvalue weighted by Gasteiger charge is -2.33. The Hall–Kier alpha value is -7.11. The van der Waals surface area contributed by atoms with Crippen LogP contribution in [0.15, 0.2) is 100 Å². The molecule has 1 saturated heterocycles. The Kier molecular flexibility index (Phi) is 26.1. The van der Waals surface area contributed by atoms with Crippen molar-refractivity contribution in [3.05, 3.63) is 124 Å². The molecule has 1 fully saturated rings. The average Bonchev–Trinajstić information content (AvgIpc) is 2.93. The van der Waals surface area contributed by atoms with E-state index in [0.29, 0.717) is 150 Å². The van der Waals surface area contributed by atoms with E-state index in [4.69, 9.17) is 39.7 Å². The minimum Gasteiger partial charge on any atom is -0.453 e. The molecule has 6 aromatic rings. The molecule has 2 aliphatic rings. The highest BCUT2D eigenvalue weighted by atomic mass is 32.2. The number of unbranched alkanes of at least 4 members (excludes halogenated alkanes) is 4. The van der Waals surface area contributed by atoms with Crippen molar-refractivity contribution < 1.29 is 47.3 Å². The van der Waals surface area contributed by atoms with Gasteiger partial charge in [-0.05, 0) is 73.5 Å². The number of anilines is 2. The van der Waals surface area contributed by atoms with Crippen LogP contribution in [0, 0.1) is 6.92 Å². The number of aromatic nitrogens is 2. The predicted molar refractivity (Wildman–Crippen MR) is 331 cm³/mol. The molecule has 2 aliphatic heterocycles. The van der Waals surface area contributed by atoms with Crippen LogP contribution in [-0.2, 0) is 49.4 Å². The first-order valence-electron chi connectivity index (χ1n) is 29.2. The molecule has 0 bridgehead atoms. The zero-order valence-corrected chi connectivity index (χ0v) is 49.9. The van der Waals surface area contributed by atoms with E-state index in [-0.39, 0.29) is 41.4 Å². The number of carbonyl (C=O) groups excluding carboxylic acids is 4. The molecule has 6 N–H and O–H groups in total. The molecule has 452 valence electrons. The number of benzene rings is 4. The van der Waals surface area contributed by atoms with E-state index in [2.05, 4.69) is 27.1 Å². The topological polar surface area (TPSA) is 250 Å². The van der Waals surface area contributed by atoms with Gasteiger partial charge in [0.15, 0.2) is 11.0 Å². The molecule has 2 aromatic heterocycles. The van der Waals surface area contributed by atoms with E-state index in [1.165, 1.54) is 36.6 Å². The summed E-state index contributed by atoms with van der Waals surface area (Å²) in [6, 6.07) is 28.2. The van der Waals surface area contributed by atoms with Crippen molar-refractivity contribution in [3.63, 3.8) is 0 Å². The number of nitrogens with two attached hydrogens (primary N) is 2. The van der Waals surface area contributed by atoms with Crippen molar-refractivity contribution >= 4 is 80.7 Å². The Morgan fingerprint density at radius 3 is 2.13 bits per heavy atom. The minimum absolute atomic E-state index is 0.0188. The minimum atomic E-state index is -0.135. The second-order valence-electron chi connectivity index (χ2n) is 20.5. The van der Waals surface area contributed by atoms with Gasteiger partial charge in [-0.3, -0.25) is 28.9 Å². The number of aromatic amines is 1. The van der Waals surface area contributed by atoms with E-state index in [1.54, 1.807) is 27.7 Å². The highest BCUT2D eigenvalue weighted by molar-refractivity contribution is 8.00. The molecule has 21 heteroatoms. The Morgan fingerprint density at radius 1 is 0.810 bits per heavy atom. The molecule has 1 atom stereocenters. The zero-order chi connectivity index (χ0) is 59.6. The second-order valence-corrected chi connectivity index (χ2v) is 21.8. The van der Waals surface area contributed by atoms with Crippen LogP contribution in [0.1, 0.15) is 87.7 Å². The summed E-state index contributed by atoms with van der Waals surface area (Å²) in [5.41, 5.74) is 14.7. The van der Waals surface area contributed by atoms with E-state index in [0.717, 1.165) is 52.3 Å². The van der Waals surface area contributed by atoms with Crippen molar-refractivity contribution in [1.29, 1.82) is 0 Å². The maximum atomic E-state index is 13.3. The van der Waals surface area contributed by atoms with Gasteiger partial charge in [-0.1, -0.05) is 82.0 Å². The Morgan fingerprint density at radius 2 is 1.45 bits per heavy atom. The van der Waals surface area contributed by atoms with Crippen molar-refractivity contribution in [2.75, 3.05) is 115 Å². The standard InChI is InChI=1S/C49H58N8O9.C14H25NO2S/c1-34-53-41-16-15-40-43(59)31-44(66-49(40)47(41)54-34)35-11-13-37(14-12-35)55(2)19-21-61-23-25-63-27-29-65-30-28-64-26-24-62-22-20-57(51)48-38-8-4-3-7-36(38)32-56(45(60)17-18-52-33-58)42-10-6-5-9-39(42)46(48)50;1-3-5-6-7-8-10-18-12-11-13(16)15(9-4-2)14(12)17/h3-16,31,33H,17-30,32,50-51H2,1-2H3,(H,52,58)(H,53,54);12H,3-11H2,1-2H3/b48-46-;. The lowest BCUT2D eigenvalue weighted by Crippen LogP contribution is -2.38. The normalized spacial score (nSPS) is 14.9. The zero-order valence-electron chi connectivity index (χ0n) is 49.1. The van der Waals surface area contributed by atoms with Gasteiger partial charge < -0.3 is 58.9 Å². The average molecular weight is 1170 g/mol. The third kappa shape index (κ3) is 18.2. The second kappa shape index (κ2) is 34.0. The summed E-state index contributed by atoms with van der Waals surface area (Å²) in [6.07, 6.45) is 8.25. The molecule has 1 unspecified atom stereocenters. The van der Waals surface area contributed by atoms with Crippen molar-refractivity contribution in [2.24, 2.45) is 11.6 Å². The van der Waals surface area contributed by atoms with Gasteiger partial charge in [-0.15, -0.1) is 11.8 Å². The molecule has 4 heterocycles. The third-order valence-corrected chi connectivity index (χ3v) is 15.6. The molecule has 0 aliphatic carbocycles. The molecular formula is C63H83N9O11S. The number of imidazole rings is 1. The lowest BCUT2D eigenvalue weighted by atomic mass is 9.95. The third-order valence-electron chi connectivity index (χ3n) is 14.3. The number of fused-ring (bicyclic) bond motifs is 5. The molecule has 0 saturated carbocycles. The van der Waals surface area contributed by atoms with E-state index in [9.17, 15) is 24.0 Å². The highest BCUT2D eigenvalue weighted by Crippen LogP contribution is 2.37. The first kappa shape index (κ1) is 64.5. The number of nitrogens with one attached hydrogen (secondary N) is 2. The number of likely N-dealkylation sites (tertiary alicyclic amines) is 1. The predicted octanol–water partition coefficient (Wildman–Crippen LogP) is 8.03. The van der Waals surface area contributed by atoms with Crippen LogP contribution >= 0.6 is 11.8 Å². The molecule has 4 aromatic carbocycles. The lowest BCUT2D eigenvalue weighted by molar-refractivity contribution is -0.138. The van der Waals surface area contributed by atoms with Gasteiger partial charge in [0, 0.05) is 68.0 Å². The van der Waals surface area contributed by atoms with Gasteiger partial charge in [-0.2, -0.15) is 0 Å². The number of amides is 4. The monoisotopic (exact) mass is 1170 g/mol. The number of hydrogen-bond donors (Lipinski definition) is 4. The number of nitrogens with zero attached hydrogens (tertiary/aromatic N) is 5. The molecular weight excluding hydrogens is 1090 g/mol. The summed E-state index contributed by atoms with van der Waals surface area (Å²) >= 11 is 1.67. The van der Waals surface area contributed by atoms with Gasteiger partial charge in [0.25, 0.3) is 0 Å². The number of rotatable bonds is 34. The van der Waals surface area contributed by atoms with Gasteiger partial charge in [-0.25, -0.2) is 10.8 Å². The van der Waals surface area contributed by atoms with Crippen LogP contribution in [0.4, 0.5) is 11.4 Å². The fraction of sp³-hybridized carbons (Fsp3) is 0.460. The van der Waals surface area contributed by atoms with Gasteiger partial charge in [0.05, 0.1) is 112 Å². The number of hydrogen-bond acceptors (Lipinski definition) is 17. The van der Waals surface area contributed by atoms with Crippen molar-refractivity contribution in [3.8, 4) is 11.3 Å². The fourth-order valence-corrected chi connectivity index (χ4v) is 11.0. The number of ether oxygens (including phenoxy) is 5. The van der Waals surface area contributed by atoms with E-state index in [1.807, 2.05) is 99.8 Å². The molecule has 4 amide bonds. The maximum Gasteiger partial charge on any atom is 0.242 e. The van der Waals surface area contributed by atoms with Crippen LogP contribution < -0.4 is 32.1 Å². The SMILES string of the molecule is CCCCCCCSC1CC(=O)N(CCC)C1=O.Cc1nc2c(ccc3c(=O)cc(-c4ccc(N(C)CCOCCOCCOCCOCCOCCN(N)/C5=C(\N)c6ccccc6N(C(=O)CCNC=O)Cc6ccccc65)cc4)oc32)[nH]1. The van der Waals surface area contributed by atoms with Crippen LogP contribution in [0.5, 0.6) is 0 Å². The highest BCUT2D eigenvalue weighted by Gasteiger charge is 2.38. The first-order valence-corrected chi connectivity index (χ1v) is 30.2. The quantitative estimate of drug-likeness (QED) is 0.00981. The number of para-hydroxylation sites is 1. The number of imide groups is 1. The number of H-pyrrole nitrogens is 1. The first-order chi connectivity index (χ1) is 40.9. The summed E-state index contributed by atoms with van der Waals surface area (Å²) in [7, 11) is 2.00. The van der Waals surface area contributed by atoms with Crippen LogP contribution in [-0.4, -0.2) is 154 Å².